The van der Waals surface area contributed by atoms with Crippen molar-refractivity contribution in [2.75, 3.05) is 6.61 Å². The first-order valence-electron chi connectivity index (χ1n) is 6.18. The number of esters is 1. The molecule has 1 aromatic rings. The number of benzene rings is 1. The minimum Gasteiger partial charge on any atom is -0.462 e. The van der Waals surface area contributed by atoms with Crippen molar-refractivity contribution in [1.29, 1.82) is 0 Å². The molecule has 0 heterocycles. The fraction of sp³-hybridized carbons (Fsp3) is 0.467. The summed E-state index contributed by atoms with van der Waals surface area (Å²) >= 11 is 0. The Labute approximate surface area is 104 Å². The molecule has 0 aliphatic carbocycles. The number of ether oxygens (including phenoxy) is 1. The second-order valence-corrected chi connectivity index (χ2v) is 4.57. The molecule has 0 aromatic heterocycles. The summed E-state index contributed by atoms with van der Waals surface area (Å²) in [5.74, 6) is 1.14. The van der Waals surface area contributed by atoms with Gasteiger partial charge in [0.2, 0.25) is 0 Å². The Hall–Kier alpha value is -1.31. The van der Waals surface area contributed by atoms with Crippen LogP contribution in [0.4, 0.5) is 0 Å². The molecule has 0 N–H and O–H groups in total. The third-order valence-electron chi connectivity index (χ3n) is 2.48. The van der Waals surface area contributed by atoms with Crippen molar-refractivity contribution >= 4 is 5.97 Å². The molecule has 0 atom stereocenters. The Morgan fingerprint density at radius 3 is 2.35 bits per heavy atom. The van der Waals surface area contributed by atoms with Gasteiger partial charge in [-0.3, -0.25) is 0 Å². The van der Waals surface area contributed by atoms with Crippen molar-refractivity contribution in [1.82, 2.24) is 0 Å². The molecule has 93 valence electrons. The molecular weight excluding hydrogens is 212 g/mol. The molecule has 0 aliphatic heterocycles. The highest BCUT2D eigenvalue weighted by Crippen LogP contribution is 2.11. The summed E-state index contributed by atoms with van der Waals surface area (Å²) in [5, 5.41) is 0. The van der Waals surface area contributed by atoms with Crippen LogP contribution in [0, 0.1) is 5.92 Å². The van der Waals surface area contributed by atoms with Crippen molar-refractivity contribution in [3.05, 3.63) is 41.3 Å². The molecule has 0 fully saturated rings. The quantitative estimate of drug-likeness (QED) is 0.552. The molecule has 0 amide bonds. The van der Waals surface area contributed by atoms with E-state index in [1.807, 2.05) is 24.3 Å². The monoisotopic (exact) mass is 233 g/mol. The van der Waals surface area contributed by atoms with Gasteiger partial charge in [0.15, 0.2) is 0 Å². The van der Waals surface area contributed by atoms with Gasteiger partial charge in [-0.2, -0.15) is 0 Å². The van der Waals surface area contributed by atoms with E-state index >= 15 is 0 Å². The molecule has 0 unspecified atom stereocenters. The topological polar surface area (TPSA) is 26.3 Å². The zero-order valence-corrected chi connectivity index (χ0v) is 11.0. The smallest absolute Gasteiger partial charge is 0.338 e. The number of hydrogen-bond donors (Lipinski definition) is 0. The van der Waals surface area contributed by atoms with Crippen LogP contribution in [0.25, 0.3) is 0 Å². The fourth-order valence-electron chi connectivity index (χ4n) is 1.56. The van der Waals surface area contributed by atoms with Crippen LogP contribution in [0.1, 0.15) is 49.5 Å². The van der Waals surface area contributed by atoms with E-state index in [-0.39, 0.29) is 5.97 Å². The van der Waals surface area contributed by atoms with Gasteiger partial charge in [-0.1, -0.05) is 39.3 Å². The van der Waals surface area contributed by atoms with Crippen molar-refractivity contribution in [2.45, 2.75) is 40.0 Å². The molecule has 0 spiro atoms. The van der Waals surface area contributed by atoms with Gasteiger partial charge in [-0.05, 0) is 36.5 Å². The van der Waals surface area contributed by atoms with E-state index in [0.717, 1.165) is 19.3 Å². The first-order valence-corrected chi connectivity index (χ1v) is 6.18. The molecule has 0 aliphatic rings. The maximum Gasteiger partial charge on any atom is 0.338 e. The standard InChI is InChI=1S/C15H21O2/c1-4-5-10-17-15(16)14-8-6-13(7-9-14)11-12(2)3/h6-9H,4-5,10-11H2,1-3H3. The average Bonchev–Trinajstić information content (AvgIpc) is 2.29. The highest BCUT2D eigenvalue weighted by molar-refractivity contribution is 5.89. The summed E-state index contributed by atoms with van der Waals surface area (Å²) in [6.45, 7) is 6.80. The van der Waals surface area contributed by atoms with Gasteiger partial charge in [-0.15, -0.1) is 0 Å². The molecule has 17 heavy (non-hydrogen) atoms. The average molecular weight is 233 g/mol. The molecule has 2 nitrogen and oxygen atoms in total. The Morgan fingerprint density at radius 2 is 1.82 bits per heavy atom. The van der Waals surface area contributed by atoms with E-state index in [2.05, 4.69) is 20.8 Å². The fourth-order valence-corrected chi connectivity index (χ4v) is 1.56. The molecule has 1 radical (unpaired) electrons. The Morgan fingerprint density at radius 1 is 1.18 bits per heavy atom. The zero-order valence-electron chi connectivity index (χ0n) is 11.0. The van der Waals surface area contributed by atoms with Crippen LogP contribution in [-0.4, -0.2) is 12.6 Å². The molecule has 0 saturated heterocycles. The number of carbonyl (C=O) groups is 1. The Bertz CT molecular complexity index is 338. The Balaban J connectivity index is 2.52. The second kappa shape index (κ2) is 7.10. The maximum atomic E-state index is 11.6. The van der Waals surface area contributed by atoms with E-state index in [4.69, 9.17) is 4.74 Å². The van der Waals surface area contributed by atoms with Crippen molar-refractivity contribution in [3.8, 4) is 0 Å². The third kappa shape index (κ3) is 5.03. The Kier molecular flexibility index (Phi) is 5.75. The largest absolute Gasteiger partial charge is 0.462 e. The van der Waals surface area contributed by atoms with Gasteiger partial charge in [-0.25, -0.2) is 4.79 Å². The van der Waals surface area contributed by atoms with Crippen LogP contribution >= 0.6 is 0 Å². The molecule has 0 saturated carbocycles. The first kappa shape index (κ1) is 13.8. The van der Waals surface area contributed by atoms with Crippen LogP contribution in [0.15, 0.2) is 24.3 Å². The molecule has 2 heteroatoms. The van der Waals surface area contributed by atoms with Gasteiger partial charge < -0.3 is 4.74 Å². The summed E-state index contributed by atoms with van der Waals surface area (Å²) in [7, 11) is 0. The van der Waals surface area contributed by atoms with Gasteiger partial charge in [0.05, 0.1) is 12.2 Å². The van der Waals surface area contributed by atoms with E-state index in [1.165, 1.54) is 11.5 Å². The maximum absolute atomic E-state index is 11.6. The predicted octanol–water partition coefficient (Wildman–Crippen LogP) is 3.80. The van der Waals surface area contributed by atoms with Gasteiger partial charge in [0.25, 0.3) is 0 Å². The lowest BCUT2D eigenvalue weighted by atomic mass is 10.0. The minimum atomic E-state index is -0.220. The molecule has 0 bridgehead atoms. The zero-order chi connectivity index (χ0) is 12.7. The van der Waals surface area contributed by atoms with Crippen LogP contribution in [-0.2, 0) is 11.2 Å². The first-order chi connectivity index (χ1) is 8.13. The predicted molar refractivity (Wildman–Crippen MR) is 69.9 cm³/mol. The van der Waals surface area contributed by atoms with Crippen molar-refractivity contribution < 1.29 is 9.53 Å². The molecule has 1 rings (SSSR count). The minimum absolute atomic E-state index is 0.220. The lowest BCUT2D eigenvalue weighted by molar-refractivity contribution is 0.0500. The SMILES string of the molecule is CCCCOC(=O)c1ccc(C[C](C)C)cc1. The lowest BCUT2D eigenvalue weighted by Crippen LogP contribution is -2.06. The normalized spacial score (nSPS) is 10.6. The van der Waals surface area contributed by atoms with Crippen LogP contribution in [0.5, 0.6) is 0 Å². The van der Waals surface area contributed by atoms with Gasteiger partial charge in [0.1, 0.15) is 0 Å². The third-order valence-corrected chi connectivity index (χ3v) is 2.48. The van der Waals surface area contributed by atoms with E-state index < -0.39 is 0 Å². The summed E-state index contributed by atoms with van der Waals surface area (Å²) in [6.07, 6.45) is 2.93. The molecule has 1 aromatic carbocycles. The van der Waals surface area contributed by atoms with E-state index in [0.29, 0.717) is 12.2 Å². The number of rotatable bonds is 6. The summed E-state index contributed by atoms with van der Waals surface area (Å²) in [4.78, 5) is 11.6. The van der Waals surface area contributed by atoms with Crippen LogP contribution < -0.4 is 0 Å². The number of carbonyl (C=O) groups excluding carboxylic acids is 1. The van der Waals surface area contributed by atoms with Gasteiger partial charge >= 0.3 is 5.97 Å². The van der Waals surface area contributed by atoms with Crippen molar-refractivity contribution in [2.24, 2.45) is 0 Å². The van der Waals surface area contributed by atoms with Crippen molar-refractivity contribution in [3.63, 3.8) is 0 Å². The van der Waals surface area contributed by atoms with E-state index in [1.54, 1.807) is 0 Å². The van der Waals surface area contributed by atoms with Crippen LogP contribution in [0.2, 0.25) is 0 Å². The summed E-state index contributed by atoms with van der Waals surface area (Å²) in [5.41, 5.74) is 1.87. The summed E-state index contributed by atoms with van der Waals surface area (Å²) in [6, 6.07) is 7.66. The number of unbranched alkanes of at least 4 members (excludes halogenated alkanes) is 1. The highest BCUT2D eigenvalue weighted by Gasteiger charge is 2.06. The van der Waals surface area contributed by atoms with Crippen LogP contribution in [0.3, 0.4) is 0 Å². The molecular formula is C15H21O2. The highest BCUT2D eigenvalue weighted by atomic mass is 16.5. The summed E-state index contributed by atoms with van der Waals surface area (Å²) < 4.78 is 5.15. The van der Waals surface area contributed by atoms with Gasteiger partial charge in [0, 0.05) is 0 Å². The number of hydrogen-bond acceptors (Lipinski definition) is 2. The van der Waals surface area contributed by atoms with E-state index in [9.17, 15) is 4.79 Å². The lowest BCUT2D eigenvalue weighted by Gasteiger charge is -2.06. The second-order valence-electron chi connectivity index (χ2n) is 4.57.